The number of likely N-dealkylation sites (tertiary alicyclic amines) is 1. The largest absolute Gasteiger partial charge is 0.496 e. The van der Waals surface area contributed by atoms with Gasteiger partial charge in [0.25, 0.3) is 5.56 Å². The lowest BCUT2D eigenvalue weighted by Gasteiger charge is -2.29. The zero-order chi connectivity index (χ0) is 22.3. The molecule has 4 rings (SSSR count). The van der Waals surface area contributed by atoms with E-state index in [2.05, 4.69) is 15.3 Å². The number of amides is 1. The number of aromatic nitrogens is 2. The van der Waals surface area contributed by atoms with E-state index < -0.39 is 0 Å². The number of nitrogens with one attached hydrogen (secondary N) is 1. The summed E-state index contributed by atoms with van der Waals surface area (Å²) in [6, 6.07) is 20.6. The molecule has 1 fully saturated rings. The van der Waals surface area contributed by atoms with Crippen molar-refractivity contribution in [1.29, 1.82) is 0 Å². The summed E-state index contributed by atoms with van der Waals surface area (Å²) in [4.78, 5) is 27.4. The second-order valence-electron chi connectivity index (χ2n) is 7.89. The Balaban J connectivity index is 1.48. The molecule has 7 nitrogen and oxygen atoms in total. The van der Waals surface area contributed by atoms with Crippen LogP contribution in [0.2, 0.25) is 0 Å². The van der Waals surface area contributed by atoms with E-state index in [9.17, 15) is 9.59 Å². The maximum absolute atomic E-state index is 12.8. The van der Waals surface area contributed by atoms with Crippen LogP contribution in [0.5, 0.6) is 5.75 Å². The molecule has 1 atom stereocenters. The Morgan fingerprint density at radius 1 is 1.03 bits per heavy atom. The summed E-state index contributed by atoms with van der Waals surface area (Å²) in [6.45, 7) is 2.28. The van der Waals surface area contributed by atoms with Gasteiger partial charge in [-0.25, -0.2) is 4.68 Å². The van der Waals surface area contributed by atoms with Crippen LogP contribution < -0.4 is 15.6 Å². The summed E-state index contributed by atoms with van der Waals surface area (Å²) in [7, 11) is 1.66. The Morgan fingerprint density at radius 2 is 1.75 bits per heavy atom. The maximum Gasteiger partial charge on any atom is 0.267 e. The molecule has 1 amide bonds. The van der Waals surface area contributed by atoms with E-state index >= 15 is 0 Å². The molecule has 1 aromatic heterocycles. The molecule has 7 heteroatoms. The van der Waals surface area contributed by atoms with E-state index in [4.69, 9.17) is 4.74 Å². The second kappa shape index (κ2) is 10.2. The maximum atomic E-state index is 12.8. The zero-order valence-electron chi connectivity index (χ0n) is 18.2. The fourth-order valence-electron chi connectivity index (χ4n) is 4.16. The van der Waals surface area contributed by atoms with Crippen LogP contribution in [0.1, 0.15) is 24.4 Å². The summed E-state index contributed by atoms with van der Waals surface area (Å²) in [5, 5.41) is 7.39. The zero-order valence-corrected chi connectivity index (χ0v) is 18.2. The lowest BCUT2D eigenvalue weighted by molar-refractivity contribution is -0.122. The lowest BCUT2D eigenvalue weighted by Crippen LogP contribution is -2.39. The van der Waals surface area contributed by atoms with Crippen LogP contribution in [-0.4, -0.2) is 47.3 Å². The molecule has 1 saturated heterocycles. The number of nitrogens with zero attached hydrogens (tertiary/aromatic N) is 3. The molecule has 2 heterocycles. The Morgan fingerprint density at radius 3 is 2.50 bits per heavy atom. The topological polar surface area (TPSA) is 76.5 Å². The smallest absolute Gasteiger partial charge is 0.267 e. The van der Waals surface area contributed by atoms with Gasteiger partial charge < -0.3 is 10.1 Å². The van der Waals surface area contributed by atoms with E-state index in [0.717, 1.165) is 42.8 Å². The van der Waals surface area contributed by atoms with Gasteiger partial charge in [0.05, 0.1) is 18.8 Å². The number of hydrogen-bond acceptors (Lipinski definition) is 5. The van der Waals surface area contributed by atoms with Crippen molar-refractivity contribution >= 4 is 5.91 Å². The van der Waals surface area contributed by atoms with Crippen LogP contribution in [-0.2, 0) is 11.3 Å². The van der Waals surface area contributed by atoms with Gasteiger partial charge in [-0.3, -0.25) is 14.5 Å². The molecule has 2 aromatic carbocycles. The molecule has 0 radical (unpaired) electrons. The number of rotatable bonds is 8. The van der Waals surface area contributed by atoms with Gasteiger partial charge in [0.1, 0.15) is 12.3 Å². The Labute approximate surface area is 187 Å². The SMILES string of the molecule is COc1ccccc1C(CNC(=O)Cn1nc(-c2ccccc2)ccc1=O)N1CCCC1. The molecule has 0 saturated carbocycles. The highest BCUT2D eigenvalue weighted by molar-refractivity contribution is 5.75. The minimum atomic E-state index is -0.305. The fourth-order valence-corrected chi connectivity index (χ4v) is 4.16. The standard InChI is InChI=1S/C25H28N4O3/c1-32-23-12-6-5-11-20(23)22(28-15-7-8-16-28)17-26-24(30)18-29-25(31)14-13-21(27-29)19-9-3-2-4-10-19/h2-6,9-14,22H,7-8,15-18H2,1H3,(H,26,30). The van der Waals surface area contributed by atoms with Crippen molar-refractivity contribution in [3.05, 3.63) is 82.6 Å². The Kier molecular flexibility index (Phi) is 6.97. The minimum absolute atomic E-state index is 0.0120. The molecule has 0 bridgehead atoms. The van der Waals surface area contributed by atoms with Gasteiger partial charge in [0, 0.05) is 23.7 Å². The Hall–Kier alpha value is -3.45. The quantitative estimate of drug-likeness (QED) is 0.592. The number of hydrogen-bond donors (Lipinski definition) is 1. The third-order valence-corrected chi connectivity index (χ3v) is 5.80. The number of para-hydroxylation sites is 1. The highest BCUT2D eigenvalue weighted by atomic mass is 16.5. The molecule has 1 N–H and O–H groups in total. The fraction of sp³-hybridized carbons (Fsp3) is 0.320. The van der Waals surface area contributed by atoms with Gasteiger partial charge in [0.15, 0.2) is 0 Å². The number of ether oxygens (including phenoxy) is 1. The first kappa shape index (κ1) is 21.8. The van der Waals surface area contributed by atoms with Gasteiger partial charge in [-0.05, 0) is 38.1 Å². The highest BCUT2D eigenvalue weighted by Gasteiger charge is 2.26. The van der Waals surface area contributed by atoms with Gasteiger partial charge >= 0.3 is 0 Å². The van der Waals surface area contributed by atoms with E-state index in [0.29, 0.717) is 12.2 Å². The number of benzene rings is 2. The summed E-state index contributed by atoms with van der Waals surface area (Å²) in [5.41, 5.74) is 2.30. The summed E-state index contributed by atoms with van der Waals surface area (Å²) in [6.07, 6.45) is 2.29. The van der Waals surface area contributed by atoms with Crippen molar-refractivity contribution in [2.24, 2.45) is 0 Å². The lowest BCUT2D eigenvalue weighted by atomic mass is 10.0. The van der Waals surface area contributed by atoms with Gasteiger partial charge in [0.2, 0.25) is 5.91 Å². The number of carbonyl (C=O) groups excluding carboxylic acids is 1. The van der Waals surface area contributed by atoms with Crippen LogP contribution in [0.15, 0.2) is 71.5 Å². The van der Waals surface area contributed by atoms with E-state index in [1.807, 2.05) is 54.6 Å². The normalized spacial score (nSPS) is 14.8. The van der Waals surface area contributed by atoms with E-state index in [1.165, 1.54) is 10.7 Å². The summed E-state index contributed by atoms with van der Waals surface area (Å²) < 4.78 is 6.78. The highest BCUT2D eigenvalue weighted by Crippen LogP contribution is 2.31. The van der Waals surface area contributed by atoms with Crippen molar-refractivity contribution in [1.82, 2.24) is 20.0 Å². The van der Waals surface area contributed by atoms with E-state index in [-0.39, 0.29) is 24.1 Å². The van der Waals surface area contributed by atoms with Crippen molar-refractivity contribution in [2.45, 2.75) is 25.4 Å². The molecule has 3 aromatic rings. The van der Waals surface area contributed by atoms with Crippen molar-refractivity contribution < 1.29 is 9.53 Å². The monoisotopic (exact) mass is 432 g/mol. The first-order chi connectivity index (χ1) is 15.7. The Bertz CT molecular complexity index is 1110. The van der Waals surface area contributed by atoms with Gasteiger partial charge in [-0.15, -0.1) is 0 Å². The van der Waals surface area contributed by atoms with Gasteiger partial charge in [-0.2, -0.15) is 5.10 Å². The van der Waals surface area contributed by atoms with Crippen LogP contribution >= 0.6 is 0 Å². The molecule has 0 aliphatic carbocycles. The third-order valence-electron chi connectivity index (χ3n) is 5.80. The molecule has 32 heavy (non-hydrogen) atoms. The van der Waals surface area contributed by atoms with Crippen LogP contribution in [0.4, 0.5) is 0 Å². The molecular formula is C25H28N4O3. The molecule has 1 unspecified atom stereocenters. The molecule has 166 valence electrons. The average molecular weight is 433 g/mol. The van der Waals surface area contributed by atoms with Crippen molar-refractivity contribution in [3.63, 3.8) is 0 Å². The van der Waals surface area contributed by atoms with Crippen LogP contribution in [0.25, 0.3) is 11.3 Å². The molecule has 0 spiro atoms. The van der Waals surface area contributed by atoms with Crippen molar-refractivity contribution in [3.8, 4) is 17.0 Å². The molecule has 1 aliphatic heterocycles. The summed E-state index contributed by atoms with van der Waals surface area (Å²) >= 11 is 0. The minimum Gasteiger partial charge on any atom is -0.496 e. The van der Waals surface area contributed by atoms with Crippen LogP contribution in [0, 0.1) is 0 Å². The second-order valence-corrected chi connectivity index (χ2v) is 7.89. The van der Waals surface area contributed by atoms with Crippen LogP contribution in [0.3, 0.4) is 0 Å². The average Bonchev–Trinajstić information content (AvgIpc) is 3.36. The third kappa shape index (κ3) is 5.06. The molecular weight excluding hydrogens is 404 g/mol. The van der Waals surface area contributed by atoms with Gasteiger partial charge in [-0.1, -0.05) is 48.5 Å². The first-order valence-corrected chi connectivity index (χ1v) is 10.9. The molecule has 1 aliphatic rings. The number of methoxy groups -OCH3 is 1. The van der Waals surface area contributed by atoms with E-state index in [1.54, 1.807) is 13.2 Å². The predicted molar refractivity (Wildman–Crippen MR) is 123 cm³/mol. The summed E-state index contributed by atoms with van der Waals surface area (Å²) in [5.74, 6) is 0.566. The number of carbonyl (C=O) groups is 1. The van der Waals surface area contributed by atoms with Crippen molar-refractivity contribution in [2.75, 3.05) is 26.7 Å². The predicted octanol–water partition coefficient (Wildman–Crippen LogP) is 2.87. The first-order valence-electron chi connectivity index (χ1n) is 10.9.